The van der Waals surface area contributed by atoms with Gasteiger partial charge in [0.05, 0.1) is 5.75 Å². The molecule has 122 valence electrons. The number of carbonyl (C=O) groups excluding carboxylic acids is 1. The summed E-state index contributed by atoms with van der Waals surface area (Å²) < 4.78 is 24.1. The average Bonchev–Trinajstić information content (AvgIpc) is 2.46. The van der Waals surface area contributed by atoms with E-state index in [0.717, 1.165) is 19.5 Å². The summed E-state index contributed by atoms with van der Waals surface area (Å²) in [5.74, 6) is -0.0382. The number of nitrogens with zero attached hydrogens (tertiary/aromatic N) is 2. The highest BCUT2D eigenvalue weighted by molar-refractivity contribution is 7.92. The summed E-state index contributed by atoms with van der Waals surface area (Å²) >= 11 is 0. The van der Waals surface area contributed by atoms with Crippen molar-refractivity contribution in [2.45, 2.75) is 43.9 Å². The summed E-state index contributed by atoms with van der Waals surface area (Å²) in [6, 6.07) is 0. The van der Waals surface area contributed by atoms with Crippen LogP contribution in [0.2, 0.25) is 0 Å². The van der Waals surface area contributed by atoms with Crippen molar-refractivity contribution in [3.8, 4) is 0 Å². The van der Waals surface area contributed by atoms with Crippen LogP contribution in [0.4, 0.5) is 0 Å². The lowest BCUT2D eigenvalue weighted by molar-refractivity contribution is -0.133. The summed E-state index contributed by atoms with van der Waals surface area (Å²) in [5.41, 5.74) is 5.71. The second kappa shape index (κ2) is 6.22. The van der Waals surface area contributed by atoms with Gasteiger partial charge in [-0.05, 0) is 26.7 Å². The van der Waals surface area contributed by atoms with E-state index < -0.39 is 15.1 Å². The molecule has 2 heterocycles. The molecule has 0 aromatic carbocycles. The van der Waals surface area contributed by atoms with Crippen molar-refractivity contribution < 1.29 is 13.2 Å². The molecule has 2 N–H and O–H groups in total. The maximum absolute atomic E-state index is 12.5. The van der Waals surface area contributed by atoms with E-state index in [2.05, 4.69) is 18.7 Å². The Hall–Kier alpha value is -0.660. The van der Waals surface area contributed by atoms with Gasteiger partial charge in [-0.3, -0.25) is 9.69 Å². The average molecular weight is 317 g/mol. The van der Waals surface area contributed by atoms with E-state index in [1.165, 1.54) is 0 Å². The fraction of sp³-hybridized carbons (Fsp3) is 0.929. The third-order valence-electron chi connectivity index (χ3n) is 4.80. The maximum Gasteiger partial charge on any atom is 0.240 e. The third-order valence-corrected chi connectivity index (χ3v) is 6.96. The zero-order valence-corrected chi connectivity index (χ0v) is 13.9. The van der Waals surface area contributed by atoms with Crippen LogP contribution in [-0.4, -0.2) is 73.4 Å². The first kappa shape index (κ1) is 16.7. The molecule has 2 rings (SSSR count). The molecule has 6 nitrogen and oxygen atoms in total. The first-order valence-corrected chi connectivity index (χ1v) is 9.45. The summed E-state index contributed by atoms with van der Waals surface area (Å²) in [5, 5.41) is -0.805. The molecule has 2 aliphatic heterocycles. The number of rotatable bonds is 3. The van der Waals surface area contributed by atoms with Crippen molar-refractivity contribution in [1.29, 1.82) is 0 Å². The predicted molar refractivity (Wildman–Crippen MR) is 82.7 cm³/mol. The highest BCUT2D eigenvalue weighted by atomic mass is 32.2. The lowest BCUT2D eigenvalue weighted by Gasteiger charge is -2.44. The van der Waals surface area contributed by atoms with Crippen LogP contribution in [0.5, 0.6) is 0 Å². The number of sulfone groups is 1. The zero-order chi connectivity index (χ0) is 15.7. The van der Waals surface area contributed by atoms with Crippen molar-refractivity contribution in [2.24, 2.45) is 5.73 Å². The molecule has 0 radical (unpaired) electrons. The van der Waals surface area contributed by atoms with Gasteiger partial charge in [0.15, 0.2) is 9.84 Å². The first-order chi connectivity index (χ1) is 9.78. The standard InChI is InChI=1S/C14H27N3O3S/c1-14(2,11-15)17-8-6-16(7-9-17)13(18)12-5-3-4-10-21(12,19)20/h12H,3-11,15H2,1-2H3. The van der Waals surface area contributed by atoms with Gasteiger partial charge >= 0.3 is 0 Å². The van der Waals surface area contributed by atoms with E-state index in [9.17, 15) is 13.2 Å². The third kappa shape index (κ3) is 3.57. The summed E-state index contributed by atoms with van der Waals surface area (Å²) in [6.45, 7) is 7.44. The van der Waals surface area contributed by atoms with Crippen LogP contribution >= 0.6 is 0 Å². The number of piperazine rings is 1. The monoisotopic (exact) mass is 317 g/mol. The Morgan fingerprint density at radius 3 is 2.33 bits per heavy atom. The fourth-order valence-electron chi connectivity index (χ4n) is 3.10. The maximum atomic E-state index is 12.5. The van der Waals surface area contributed by atoms with Crippen LogP contribution in [0.3, 0.4) is 0 Å². The summed E-state index contributed by atoms with van der Waals surface area (Å²) in [4.78, 5) is 16.5. The van der Waals surface area contributed by atoms with Crippen molar-refractivity contribution in [1.82, 2.24) is 9.80 Å². The van der Waals surface area contributed by atoms with E-state index in [1.807, 2.05) is 0 Å². The number of hydrogen-bond donors (Lipinski definition) is 1. The van der Waals surface area contributed by atoms with Gasteiger partial charge in [-0.1, -0.05) is 6.42 Å². The minimum atomic E-state index is -3.24. The van der Waals surface area contributed by atoms with Crippen LogP contribution < -0.4 is 5.73 Å². The number of nitrogens with two attached hydrogens (primary N) is 1. The molecular weight excluding hydrogens is 290 g/mol. The molecule has 21 heavy (non-hydrogen) atoms. The molecule has 0 aromatic rings. The second-order valence-electron chi connectivity index (χ2n) is 6.68. The number of hydrogen-bond acceptors (Lipinski definition) is 5. The molecule has 1 amide bonds. The van der Waals surface area contributed by atoms with Gasteiger partial charge < -0.3 is 10.6 Å². The smallest absolute Gasteiger partial charge is 0.240 e. The van der Waals surface area contributed by atoms with Crippen LogP contribution in [0.1, 0.15) is 33.1 Å². The molecule has 0 aromatic heterocycles. The molecule has 0 saturated carbocycles. The highest BCUT2D eigenvalue weighted by Crippen LogP contribution is 2.23. The molecule has 2 saturated heterocycles. The Balaban J connectivity index is 1.97. The Bertz CT molecular complexity index is 482. The molecule has 0 aliphatic carbocycles. The van der Waals surface area contributed by atoms with Crippen molar-refractivity contribution in [2.75, 3.05) is 38.5 Å². The summed E-state index contributed by atoms with van der Waals surface area (Å²) in [6.07, 6.45) is 2.00. The minimum absolute atomic E-state index is 0.0773. The molecule has 2 aliphatic rings. The molecule has 1 unspecified atom stereocenters. The largest absolute Gasteiger partial charge is 0.339 e. The first-order valence-electron chi connectivity index (χ1n) is 7.73. The van der Waals surface area contributed by atoms with Crippen LogP contribution in [-0.2, 0) is 14.6 Å². The highest BCUT2D eigenvalue weighted by Gasteiger charge is 2.39. The van der Waals surface area contributed by atoms with Crippen LogP contribution in [0.15, 0.2) is 0 Å². The van der Waals surface area contributed by atoms with Gasteiger partial charge in [-0.2, -0.15) is 0 Å². The lowest BCUT2D eigenvalue weighted by Crippen LogP contribution is -2.59. The van der Waals surface area contributed by atoms with E-state index in [0.29, 0.717) is 32.5 Å². The van der Waals surface area contributed by atoms with Gasteiger partial charge in [-0.25, -0.2) is 8.42 Å². The van der Waals surface area contributed by atoms with Gasteiger partial charge in [0.2, 0.25) is 5.91 Å². The van der Waals surface area contributed by atoms with E-state index in [1.54, 1.807) is 4.90 Å². The fourth-order valence-corrected chi connectivity index (χ4v) is 4.97. The van der Waals surface area contributed by atoms with Crippen molar-refractivity contribution in [3.05, 3.63) is 0 Å². The van der Waals surface area contributed by atoms with Gasteiger partial charge in [0, 0.05) is 38.3 Å². The Morgan fingerprint density at radius 1 is 1.19 bits per heavy atom. The number of amides is 1. The van der Waals surface area contributed by atoms with Crippen LogP contribution in [0, 0.1) is 0 Å². The van der Waals surface area contributed by atoms with E-state index >= 15 is 0 Å². The Kier molecular flexibility index (Phi) is 4.95. The van der Waals surface area contributed by atoms with Crippen molar-refractivity contribution in [3.63, 3.8) is 0 Å². The normalized spacial score (nSPS) is 27.6. The molecule has 1 atom stereocenters. The number of carbonyl (C=O) groups is 1. The molecule has 0 spiro atoms. The lowest BCUT2D eigenvalue weighted by atomic mass is 10.0. The SMILES string of the molecule is CC(C)(CN)N1CCN(C(=O)C2CCCCS2(=O)=O)CC1. The topological polar surface area (TPSA) is 83.7 Å². The Morgan fingerprint density at radius 2 is 1.81 bits per heavy atom. The Labute approximate surface area is 127 Å². The van der Waals surface area contributed by atoms with Crippen molar-refractivity contribution >= 4 is 15.7 Å². The zero-order valence-electron chi connectivity index (χ0n) is 13.0. The second-order valence-corrected chi connectivity index (χ2v) is 8.98. The molecule has 0 bridgehead atoms. The van der Waals surface area contributed by atoms with Gasteiger partial charge in [0.1, 0.15) is 5.25 Å². The quantitative estimate of drug-likeness (QED) is 0.782. The summed E-state index contributed by atoms with van der Waals surface area (Å²) in [7, 11) is -3.24. The van der Waals surface area contributed by atoms with Gasteiger partial charge in [0.25, 0.3) is 0 Å². The predicted octanol–water partition coefficient (Wildman–Crippen LogP) is -0.165. The molecule has 2 fully saturated rings. The van der Waals surface area contributed by atoms with Gasteiger partial charge in [-0.15, -0.1) is 0 Å². The van der Waals surface area contributed by atoms with E-state index in [-0.39, 0.29) is 17.2 Å². The van der Waals surface area contributed by atoms with Crippen LogP contribution in [0.25, 0.3) is 0 Å². The minimum Gasteiger partial charge on any atom is -0.339 e. The molecule has 7 heteroatoms. The molecular formula is C14H27N3O3S. The van der Waals surface area contributed by atoms with E-state index in [4.69, 9.17) is 5.73 Å².